The highest BCUT2D eigenvalue weighted by atomic mass is 19.3. The molecule has 22 heteroatoms. The summed E-state index contributed by atoms with van der Waals surface area (Å²) in [6, 6.07) is 0. The molecular weight excluding hydrogens is 592 g/mol. The first-order valence-electron chi connectivity index (χ1n) is 8.53. The summed E-state index contributed by atoms with van der Waals surface area (Å²) in [6.45, 7) is 4.98. The van der Waals surface area contributed by atoms with Crippen molar-refractivity contribution in [1.82, 2.24) is 0 Å². The zero-order valence-corrected chi connectivity index (χ0v) is 17.1. The molecule has 0 aromatic carbocycles. The number of halogens is 16. The number of aliphatic hydroxyl groups is 2. The van der Waals surface area contributed by atoms with Crippen LogP contribution in [0.1, 0.15) is 0 Å². The largest absolute Gasteiger partial charge is 0.476 e. The lowest BCUT2D eigenvalue weighted by molar-refractivity contribution is -0.624. The van der Waals surface area contributed by atoms with Gasteiger partial charge in [-0.25, -0.2) is 18.4 Å². The lowest BCUT2D eigenvalue weighted by Gasteiger charge is -2.74. The van der Waals surface area contributed by atoms with Gasteiger partial charge in [-0.2, -0.15) is 61.5 Å². The first kappa shape index (κ1) is 33.2. The number of rotatable bonds is 2. The molecule has 0 aromatic heterocycles. The summed E-state index contributed by atoms with van der Waals surface area (Å²) in [5.74, 6) is -51.5. The molecule has 0 spiro atoms. The molecule has 4 aliphatic rings. The quantitative estimate of drug-likeness (QED) is 0.283. The number of alkyl halides is 14. The van der Waals surface area contributed by atoms with Gasteiger partial charge in [0.25, 0.3) is 11.2 Å². The molecule has 6 nitrogen and oxygen atoms in total. The summed E-state index contributed by atoms with van der Waals surface area (Å²) in [5, 5.41) is 33.0. The van der Waals surface area contributed by atoms with E-state index in [1.54, 1.807) is 0 Å². The fourth-order valence-corrected chi connectivity index (χ4v) is 3.86. The minimum Gasteiger partial charge on any atom is -0.476 e. The summed E-state index contributed by atoms with van der Waals surface area (Å²) >= 11 is 0. The van der Waals surface area contributed by atoms with Gasteiger partial charge in [0.15, 0.2) is 0 Å². The van der Waals surface area contributed by atoms with E-state index in [2.05, 4.69) is 13.2 Å². The standard InChI is InChI=1S/C10H2F14O2.2C3H3FO2/c11-1-5(13,14)2(12)8(19,20)3(25,6(1,15)16)10(23,24)4(26,7(1,17)18)9(2,21)22;2*1-2(4)3(5)6/h25-26H;2*1H2,(H,5,6). The highest BCUT2D eigenvalue weighted by molar-refractivity contribution is 5.83. The molecule has 0 aromatic rings. The van der Waals surface area contributed by atoms with E-state index >= 15 is 0 Å². The highest BCUT2D eigenvalue weighted by Crippen LogP contribution is 2.87. The van der Waals surface area contributed by atoms with Gasteiger partial charge in [-0.05, 0) is 0 Å². The molecule has 4 aliphatic carbocycles. The Morgan fingerprint density at radius 2 is 0.605 bits per heavy atom. The Morgan fingerprint density at radius 1 is 0.447 bits per heavy atom. The van der Waals surface area contributed by atoms with Crippen LogP contribution in [-0.4, -0.2) is 90.4 Å². The van der Waals surface area contributed by atoms with Crippen molar-refractivity contribution in [2.24, 2.45) is 0 Å². The molecule has 4 saturated carbocycles. The van der Waals surface area contributed by atoms with Gasteiger partial charge in [0.1, 0.15) is 0 Å². The van der Waals surface area contributed by atoms with Gasteiger partial charge in [0, 0.05) is 0 Å². The van der Waals surface area contributed by atoms with Crippen LogP contribution in [0.5, 0.6) is 0 Å². The summed E-state index contributed by atoms with van der Waals surface area (Å²) in [6.07, 6.45) is 0. The summed E-state index contributed by atoms with van der Waals surface area (Å²) in [4.78, 5) is 18.4. The van der Waals surface area contributed by atoms with Crippen molar-refractivity contribution < 1.29 is 100 Å². The number of hydrogen-bond donors (Lipinski definition) is 4. The molecule has 0 aliphatic heterocycles. The lowest BCUT2D eigenvalue weighted by Crippen LogP contribution is -3.10. The van der Waals surface area contributed by atoms with Crippen LogP contribution in [0.2, 0.25) is 0 Å². The molecule has 0 heterocycles. The minimum atomic E-state index is -7.75. The van der Waals surface area contributed by atoms with Crippen molar-refractivity contribution in [3.8, 4) is 0 Å². The van der Waals surface area contributed by atoms with Crippen LogP contribution in [0, 0.1) is 0 Å². The highest BCUT2D eigenvalue weighted by Gasteiger charge is 3.22. The fraction of sp³-hybridized carbons (Fsp3) is 0.625. The van der Waals surface area contributed by atoms with Crippen LogP contribution in [0.25, 0.3) is 0 Å². The van der Waals surface area contributed by atoms with Crippen LogP contribution in [0.3, 0.4) is 0 Å². The Balaban J connectivity index is 0.000000503. The molecule has 38 heavy (non-hydrogen) atoms. The van der Waals surface area contributed by atoms with E-state index in [0.717, 1.165) is 0 Å². The van der Waals surface area contributed by atoms with E-state index in [1.807, 2.05) is 0 Å². The maximum Gasteiger partial charge on any atom is 0.364 e. The fourth-order valence-electron chi connectivity index (χ4n) is 3.86. The van der Waals surface area contributed by atoms with Gasteiger partial charge in [0.05, 0.1) is 0 Å². The summed E-state index contributed by atoms with van der Waals surface area (Å²) < 4.78 is 216. The molecule has 0 radical (unpaired) electrons. The smallest absolute Gasteiger partial charge is 0.364 e. The van der Waals surface area contributed by atoms with Crippen molar-refractivity contribution in [3.05, 3.63) is 24.8 Å². The van der Waals surface area contributed by atoms with Crippen molar-refractivity contribution in [2.45, 2.75) is 58.1 Å². The molecule has 4 rings (SSSR count). The van der Waals surface area contributed by atoms with Crippen LogP contribution < -0.4 is 0 Å². The molecule has 0 atom stereocenters. The minimum absolute atomic E-state index is 1.32. The maximum absolute atomic E-state index is 14.2. The van der Waals surface area contributed by atoms with E-state index in [9.17, 15) is 79.8 Å². The topological polar surface area (TPSA) is 115 Å². The van der Waals surface area contributed by atoms with Crippen molar-refractivity contribution in [3.63, 3.8) is 0 Å². The monoisotopic (exact) mass is 600 g/mol. The number of hydrogen-bond acceptors (Lipinski definition) is 4. The van der Waals surface area contributed by atoms with Crippen LogP contribution >= 0.6 is 0 Å². The second kappa shape index (κ2) is 7.88. The van der Waals surface area contributed by atoms with Crippen LogP contribution in [0.4, 0.5) is 70.2 Å². The first-order chi connectivity index (χ1) is 16.3. The second-order valence-corrected chi connectivity index (χ2v) is 7.60. The molecular formula is C16H8F16O6. The van der Waals surface area contributed by atoms with Gasteiger partial charge in [-0.15, -0.1) is 0 Å². The maximum atomic E-state index is 14.2. The van der Waals surface area contributed by atoms with Crippen molar-refractivity contribution >= 4 is 11.9 Å². The van der Waals surface area contributed by atoms with Gasteiger partial charge in [-0.3, -0.25) is 0 Å². The summed E-state index contributed by atoms with van der Waals surface area (Å²) in [7, 11) is 0. The van der Waals surface area contributed by atoms with Crippen molar-refractivity contribution in [2.75, 3.05) is 0 Å². The van der Waals surface area contributed by atoms with E-state index in [-0.39, 0.29) is 0 Å². The Morgan fingerprint density at radius 3 is 0.737 bits per heavy atom. The number of carboxylic acids is 2. The third-order valence-electron chi connectivity index (χ3n) is 5.79. The molecule has 4 N–H and O–H groups in total. The summed E-state index contributed by atoms with van der Waals surface area (Å²) in [5.41, 5.74) is -29.5. The number of carbonyl (C=O) groups is 2. The van der Waals surface area contributed by atoms with E-state index in [1.165, 1.54) is 0 Å². The molecule has 4 bridgehead atoms. The average molecular weight is 600 g/mol. The molecule has 4 fully saturated rings. The SMILES string of the molecule is C=C(F)C(=O)O.C=C(F)C(=O)O.OC12C(F)(F)C3(O)C(F)(F)C(F)(C1(F)F)C(F)(F)C(F)(C2(F)F)C3(F)F. The predicted molar refractivity (Wildman–Crippen MR) is 83.0 cm³/mol. The zero-order chi connectivity index (χ0) is 31.3. The van der Waals surface area contributed by atoms with E-state index < -0.39 is 81.7 Å². The predicted octanol–water partition coefficient (Wildman–Crippen LogP) is 3.83. The van der Waals surface area contributed by atoms with Gasteiger partial charge < -0.3 is 20.4 Å². The second-order valence-electron chi connectivity index (χ2n) is 7.60. The first-order valence-corrected chi connectivity index (χ1v) is 8.53. The Labute approximate surface area is 196 Å². The molecule has 0 unspecified atom stereocenters. The third-order valence-corrected chi connectivity index (χ3v) is 5.79. The van der Waals surface area contributed by atoms with Crippen LogP contribution in [-0.2, 0) is 9.59 Å². The van der Waals surface area contributed by atoms with E-state index in [0.29, 0.717) is 0 Å². The third kappa shape index (κ3) is 2.69. The zero-order valence-electron chi connectivity index (χ0n) is 17.1. The van der Waals surface area contributed by atoms with E-state index in [4.69, 9.17) is 20.4 Å². The van der Waals surface area contributed by atoms with Gasteiger partial charge in [-0.1, -0.05) is 13.2 Å². The Hall–Kier alpha value is -2.78. The normalized spacial score (nSPS) is 39.0. The van der Waals surface area contributed by atoms with Gasteiger partial charge in [0.2, 0.25) is 11.7 Å². The molecule has 220 valence electrons. The lowest BCUT2D eigenvalue weighted by atomic mass is 9.39. The molecule has 0 saturated heterocycles. The van der Waals surface area contributed by atoms with Crippen LogP contribution in [0.15, 0.2) is 24.8 Å². The number of aliphatic carboxylic acids is 2. The number of carboxylic acid groups (broad SMARTS) is 2. The Bertz CT molecular complexity index is 839. The Kier molecular flexibility index (Phi) is 6.90. The van der Waals surface area contributed by atoms with Gasteiger partial charge >= 0.3 is 58.8 Å². The molecule has 0 amide bonds. The average Bonchev–Trinajstić information content (AvgIpc) is 2.73. The van der Waals surface area contributed by atoms with Crippen molar-refractivity contribution in [1.29, 1.82) is 0 Å².